The zero-order valence-corrected chi connectivity index (χ0v) is 13.0. The third-order valence-electron chi connectivity index (χ3n) is 3.27. The Morgan fingerprint density at radius 2 is 2.36 bits per heavy atom. The number of rotatable bonds is 4. The van der Waals surface area contributed by atoms with Crippen LogP contribution in [0.25, 0.3) is 11.2 Å². The van der Waals surface area contributed by atoms with Crippen molar-refractivity contribution in [3.63, 3.8) is 0 Å². The minimum atomic E-state index is -3.69. The number of nitrogens with zero attached hydrogens (tertiary/aromatic N) is 3. The molecule has 2 aromatic heterocycles. The summed E-state index contributed by atoms with van der Waals surface area (Å²) in [6, 6.07) is 0. The molecule has 0 bridgehead atoms. The largest absolute Gasteiger partial charge is 0.369 e. The highest BCUT2D eigenvalue weighted by atomic mass is 32.5. The predicted octanol–water partition coefficient (Wildman–Crippen LogP) is -0.395. The highest BCUT2D eigenvalue weighted by molar-refractivity contribution is 8.06. The van der Waals surface area contributed by atoms with E-state index in [9.17, 15) is 4.79 Å². The Morgan fingerprint density at radius 3 is 3.09 bits per heavy atom. The van der Waals surface area contributed by atoms with Crippen molar-refractivity contribution in [1.82, 2.24) is 19.5 Å². The quantitative estimate of drug-likeness (QED) is 0.542. The number of nitrogen functional groups attached to an aromatic ring is 1. The maximum atomic E-state index is 11.7. The summed E-state index contributed by atoms with van der Waals surface area (Å²) in [7, 11) is 0. The van der Waals surface area contributed by atoms with Crippen LogP contribution in [0.4, 0.5) is 5.95 Å². The monoisotopic (exact) mass is 347 g/mol. The summed E-state index contributed by atoms with van der Waals surface area (Å²) in [5.41, 5.74) is 5.64. The van der Waals surface area contributed by atoms with Gasteiger partial charge in [-0.05, 0) is 24.6 Å². The fourth-order valence-corrected chi connectivity index (χ4v) is 2.89. The van der Waals surface area contributed by atoms with Crippen molar-refractivity contribution < 1.29 is 19.0 Å². The van der Waals surface area contributed by atoms with Gasteiger partial charge in [-0.15, -0.1) is 0 Å². The van der Waals surface area contributed by atoms with Crippen LogP contribution in [0.5, 0.6) is 0 Å². The summed E-state index contributed by atoms with van der Waals surface area (Å²) in [4.78, 5) is 40.3. The van der Waals surface area contributed by atoms with Gasteiger partial charge in [-0.25, -0.2) is 4.98 Å². The average Bonchev–Trinajstić information content (AvgIpc) is 3.01. The first-order valence-corrected chi connectivity index (χ1v) is 9.04. The lowest BCUT2D eigenvalue weighted by atomic mass is 10.2. The number of anilines is 1. The Bertz CT molecular complexity index is 801. The van der Waals surface area contributed by atoms with Crippen molar-refractivity contribution in [1.29, 1.82) is 0 Å². The van der Waals surface area contributed by atoms with Crippen molar-refractivity contribution in [2.75, 3.05) is 12.3 Å². The Morgan fingerprint density at radius 1 is 1.59 bits per heavy atom. The van der Waals surface area contributed by atoms with Gasteiger partial charge < -0.3 is 24.8 Å². The van der Waals surface area contributed by atoms with Gasteiger partial charge in [0.1, 0.15) is 6.23 Å². The number of hydrogen-bond donors (Lipinski definition) is 4. The van der Waals surface area contributed by atoms with Crippen LogP contribution in [0.1, 0.15) is 19.1 Å². The molecular formula is C10H14N5O5PS. The maximum absolute atomic E-state index is 11.7. The van der Waals surface area contributed by atoms with E-state index < -0.39 is 12.3 Å². The second-order valence-electron chi connectivity index (χ2n) is 4.85. The number of nitrogens with one attached hydrogen (secondary N) is 1. The Kier molecular flexibility index (Phi) is 4.02. The summed E-state index contributed by atoms with van der Waals surface area (Å²) in [5, 5.41) is 0. The lowest BCUT2D eigenvalue weighted by Crippen LogP contribution is -2.17. The molecule has 0 saturated carbocycles. The van der Waals surface area contributed by atoms with E-state index in [-0.39, 0.29) is 30.4 Å². The summed E-state index contributed by atoms with van der Waals surface area (Å²) < 4.78 is 12.2. The van der Waals surface area contributed by atoms with Crippen LogP contribution < -0.4 is 11.3 Å². The van der Waals surface area contributed by atoms with Crippen LogP contribution in [0.3, 0.4) is 0 Å². The number of fused-ring (bicyclic) bond motifs is 1. The maximum Gasteiger partial charge on any atom is 0.321 e. The smallest absolute Gasteiger partial charge is 0.321 e. The number of H-pyrrole nitrogens is 1. The van der Waals surface area contributed by atoms with E-state index in [1.165, 1.54) is 6.33 Å². The molecule has 5 N–H and O–H groups in total. The third kappa shape index (κ3) is 3.19. The Hall–Kier alpha value is -1.36. The normalized spacial score (nSPS) is 22.5. The number of aromatic nitrogens is 4. The number of ether oxygens (including phenoxy) is 1. The van der Waals surface area contributed by atoms with Gasteiger partial charge in [0.15, 0.2) is 11.2 Å². The predicted molar refractivity (Wildman–Crippen MR) is 80.4 cm³/mol. The van der Waals surface area contributed by atoms with E-state index in [0.717, 1.165) is 0 Å². The molecule has 2 unspecified atom stereocenters. The molecule has 0 aromatic carbocycles. The lowest BCUT2D eigenvalue weighted by molar-refractivity contribution is -0.0178. The van der Waals surface area contributed by atoms with Crippen LogP contribution in [0.2, 0.25) is 0 Å². The van der Waals surface area contributed by atoms with E-state index in [4.69, 9.17) is 24.8 Å². The van der Waals surface area contributed by atoms with E-state index >= 15 is 0 Å². The first-order valence-electron chi connectivity index (χ1n) is 6.41. The number of aromatic amines is 1. The van der Waals surface area contributed by atoms with Crippen LogP contribution in [0, 0.1) is 0 Å². The van der Waals surface area contributed by atoms with Crippen LogP contribution in [-0.4, -0.2) is 42.0 Å². The summed E-state index contributed by atoms with van der Waals surface area (Å²) in [6.45, 7) is -3.70. The molecule has 2 atom stereocenters. The molecule has 1 saturated heterocycles. The molecule has 3 heterocycles. The van der Waals surface area contributed by atoms with E-state index in [2.05, 4.69) is 26.8 Å². The van der Waals surface area contributed by atoms with Gasteiger partial charge in [0.25, 0.3) is 5.56 Å². The first-order chi connectivity index (χ1) is 10.3. The van der Waals surface area contributed by atoms with Crippen molar-refractivity contribution in [2.24, 2.45) is 0 Å². The van der Waals surface area contributed by atoms with E-state index in [0.29, 0.717) is 18.5 Å². The minimum absolute atomic E-state index is 0.00150. The van der Waals surface area contributed by atoms with E-state index in [1.807, 2.05) is 0 Å². The zero-order valence-electron chi connectivity index (χ0n) is 11.2. The molecule has 3 rings (SSSR count). The molecule has 0 radical (unpaired) electrons. The van der Waals surface area contributed by atoms with Gasteiger partial charge in [-0.3, -0.25) is 14.3 Å². The molecule has 22 heavy (non-hydrogen) atoms. The minimum Gasteiger partial charge on any atom is -0.369 e. The van der Waals surface area contributed by atoms with Crippen LogP contribution in [0.15, 0.2) is 11.1 Å². The molecule has 1 fully saturated rings. The van der Waals surface area contributed by atoms with Crippen LogP contribution >= 0.6 is 6.72 Å². The van der Waals surface area contributed by atoms with E-state index in [1.54, 1.807) is 4.57 Å². The van der Waals surface area contributed by atoms with Crippen molar-refractivity contribution in [2.45, 2.75) is 25.2 Å². The molecule has 1 aliphatic rings. The Balaban J connectivity index is 1.79. The first kappa shape index (κ1) is 15.5. The van der Waals surface area contributed by atoms with Crippen molar-refractivity contribution in [3.05, 3.63) is 16.7 Å². The van der Waals surface area contributed by atoms with Gasteiger partial charge in [-0.2, -0.15) is 4.98 Å². The van der Waals surface area contributed by atoms with Gasteiger partial charge >= 0.3 is 6.72 Å². The second-order valence-corrected chi connectivity index (χ2v) is 7.52. The molecule has 0 amide bonds. The topological polar surface area (TPSA) is 149 Å². The summed E-state index contributed by atoms with van der Waals surface area (Å²) in [5.74, 6) is -0.00150. The number of nitrogens with two attached hydrogens (primary N) is 1. The molecule has 0 aliphatic carbocycles. The fraction of sp³-hybridized carbons (Fsp3) is 0.500. The van der Waals surface area contributed by atoms with Crippen LogP contribution in [-0.2, 0) is 21.1 Å². The molecule has 12 heteroatoms. The average molecular weight is 347 g/mol. The lowest BCUT2D eigenvalue weighted by Gasteiger charge is -2.16. The fourth-order valence-electron chi connectivity index (χ4n) is 2.35. The van der Waals surface area contributed by atoms with Gasteiger partial charge in [-0.1, -0.05) is 0 Å². The molecule has 10 nitrogen and oxygen atoms in total. The summed E-state index contributed by atoms with van der Waals surface area (Å²) in [6.07, 6.45) is 2.01. The van der Waals surface area contributed by atoms with Crippen molar-refractivity contribution in [3.8, 4) is 0 Å². The molecular weight excluding hydrogens is 333 g/mol. The standard InChI is InChI=1S/C10H14N5O5PS/c11-10-13-8-7(9(16)14-10)12-4-15(8)6-2-1-5(20-6)3-19-21(17,18)22/h4-6H,1-3H2,(H2,17,18,22)(H3,11,13,14,16). The molecule has 2 aromatic rings. The number of hydrogen-bond acceptors (Lipinski definition) is 7. The Labute approximate surface area is 129 Å². The molecule has 120 valence electrons. The summed E-state index contributed by atoms with van der Waals surface area (Å²) >= 11 is 4.39. The highest BCUT2D eigenvalue weighted by Crippen LogP contribution is 2.38. The van der Waals surface area contributed by atoms with Gasteiger partial charge in [0, 0.05) is 0 Å². The van der Waals surface area contributed by atoms with Gasteiger partial charge in [0.2, 0.25) is 5.95 Å². The molecule has 1 aliphatic heterocycles. The number of imidazole rings is 1. The molecule has 0 spiro atoms. The van der Waals surface area contributed by atoms with Gasteiger partial charge in [0.05, 0.1) is 19.0 Å². The zero-order chi connectivity index (χ0) is 15.9. The van der Waals surface area contributed by atoms with Crippen molar-refractivity contribution >= 4 is 35.6 Å². The second kappa shape index (κ2) is 5.69. The third-order valence-corrected chi connectivity index (χ3v) is 4.08. The highest BCUT2D eigenvalue weighted by Gasteiger charge is 2.29. The SMILES string of the molecule is Nc1nc2c(ncn2C2CCC(COP(O)(O)=S)O2)c(=O)[nH]1.